The predicted octanol–water partition coefficient (Wildman–Crippen LogP) is 5.13. The molecule has 1 aliphatic heterocycles. The quantitative estimate of drug-likeness (QED) is 0.720. The van der Waals surface area contributed by atoms with E-state index in [0.29, 0.717) is 10.7 Å². The van der Waals surface area contributed by atoms with E-state index in [4.69, 9.17) is 16.7 Å². The number of carboxylic acid groups (broad SMARTS) is 1. The Bertz CT molecular complexity index is 993. The van der Waals surface area contributed by atoms with Crippen LogP contribution in [0, 0.1) is 0 Å². The van der Waals surface area contributed by atoms with Gasteiger partial charge < -0.3 is 15.1 Å². The number of likely N-dealkylation sites (N-methyl/N-ethyl adjacent to an activating group) is 1. The first-order valence-corrected chi connectivity index (χ1v) is 8.85. The lowest BCUT2D eigenvalue weighted by Gasteiger charge is -2.40. The topological polar surface area (TPSA) is 73.1 Å². The number of hydrogen-bond acceptors (Lipinski definition) is 4. The smallest absolute Gasteiger partial charge is 0.339 e. The zero-order valence-corrected chi connectivity index (χ0v) is 16.4. The van der Waals surface area contributed by atoms with Crippen LogP contribution in [0.3, 0.4) is 0 Å². The number of carboxylic acids is 1. The molecular weight excluding hydrogens is 364 g/mol. The third-order valence-corrected chi connectivity index (χ3v) is 5.23. The molecule has 0 fully saturated rings. The second kappa shape index (κ2) is 6.74. The molecule has 140 valence electrons. The van der Waals surface area contributed by atoms with Crippen LogP contribution in [0.5, 0.6) is 5.75 Å². The van der Waals surface area contributed by atoms with Crippen LogP contribution in [0.2, 0.25) is 5.02 Å². The van der Waals surface area contributed by atoms with Crippen LogP contribution in [0.1, 0.15) is 42.3 Å². The molecule has 1 aliphatic rings. The monoisotopic (exact) mass is 384 g/mol. The molecule has 0 amide bonds. The Balaban J connectivity index is 2.00. The molecule has 0 aliphatic carbocycles. The van der Waals surface area contributed by atoms with E-state index in [-0.39, 0.29) is 16.9 Å². The van der Waals surface area contributed by atoms with Crippen molar-refractivity contribution in [3.05, 3.63) is 58.1 Å². The molecule has 0 radical (unpaired) electrons. The number of aliphatic imine (C=N–C) groups is 1. The minimum Gasteiger partial charge on any atom is -0.507 e. The summed E-state index contributed by atoms with van der Waals surface area (Å²) in [4.78, 5) is 17.6. The SMILES string of the molecule is CC1=CC(C)(C)N(C)c2cc(Cl)c(C=Nc3ccc(O)c(C(=O)O)c3)cc21. The number of carbonyl (C=O) groups is 1. The van der Waals surface area contributed by atoms with E-state index in [1.165, 1.54) is 12.1 Å². The molecule has 0 aromatic heterocycles. The molecular formula is C21H21ClN2O3. The number of allylic oxidation sites excluding steroid dienone is 1. The highest BCUT2D eigenvalue weighted by Gasteiger charge is 2.29. The summed E-state index contributed by atoms with van der Waals surface area (Å²) in [5.74, 6) is -1.50. The van der Waals surface area contributed by atoms with Gasteiger partial charge in [0.25, 0.3) is 0 Å². The number of anilines is 1. The molecule has 0 spiro atoms. The first-order chi connectivity index (χ1) is 12.6. The third-order valence-electron chi connectivity index (χ3n) is 4.90. The fourth-order valence-corrected chi connectivity index (χ4v) is 3.41. The van der Waals surface area contributed by atoms with Crippen LogP contribution in [0.25, 0.3) is 5.57 Å². The van der Waals surface area contributed by atoms with Crippen LogP contribution in [0.4, 0.5) is 11.4 Å². The van der Waals surface area contributed by atoms with Crippen LogP contribution in [0.15, 0.2) is 41.4 Å². The maximum Gasteiger partial charge on any atom is 0.339 e. The highest BCUT2D eigenvalue weighted by Crippen LogP contribution is 2.40. The van der Waals surface area contributed by atoms with Gasteiger partial charge in [0.2, 0.25) is 0 Å². The van der Waals surface area contributed by atoms with Gasteiger partial charge >= 0.3 is 5.97 Å². The highest BCUT2D eigenvalue weighted by atomic mass is 35.5. The summed E-state index contributed by atoms with van der Waals surface area (Å²) in [5, 5.41) is 19.3. The Labute approximate surface area is 163 Å². The number of nitrogens with zero attached hydrogens (tertiary/aromatic N) is 2. The molecule has 0 saturated heterocycles. The summed E-state index contributed by atoms with van der Waals surface area (Å²) in [6, 6.07) is 8.09. The fourth-order valence-electron chi connectivity index (χ4n) is 3.21. The second-order valence-corrected chi connectivity index (χ2v) is 7.60. The number of rotatable bonds is 3. The average Bonchev–Trinajstić information content (AvgIpc) is 2.59. The standard InChI is InChI=1S/C21H21ClN2O3/c1-12-10-21(2,3)24(4)18-9-17(22)13(7-15(12)18)11-23-14-5-6-19(25)16(8-14)20(26)27/h5-11,25H,1-4H3,(H,26,27). The lowest BCUT2D eigenvalue weighted by molar-refractivity contribution is 0.0694. The number of benzene rings is 2. The molecule has 2 aromatic rings. The van der Waals surface area contributed by atoms with Crippen molar-refractivity contribution in [2.24, 2.45) is 4.99 Å². The van der Waals surface area contributed by atoms with E-state index in [1.807, 2.05) is 19.2 Å². The summed E-state index contributed by atoms with van der Waals surface area (Å²) >= 11 is 6.47. The van der Waals surface area contributed by atoms with Crippen LogP contribution < -0.4 is 4.90 Å². The van der Waals surface area contributed by atoms with Crippen LogP contribution in [-0.2, 0) is 0 Å². The van der Waals surface area contributed by atoms with Crippen molar-refractivity contribution in [1.29, 1.82) is 0 Å². The van der Waals surface area contributed by atoms with Gasteiger partial charge in [0.1, 0.15) is 11.3 Å². The van der Waals surface area contributed by atoms with E-state index in [0.717, 1.165) is 22.4 Å². The third kappa shape index (κ3) is 3.55. The molecule has 0 unspecified atom stereocenters. The molecule has 1 heterocycles. The van der Waals surface area contributed by atoms with Gasteiger partial charge in [0.15, 0.2) is 0 Å². The molecule has 3 rings (SSSR count). The molecule has 0 bridgehead atoms. The zero-order chi connectivity index (χ0) is 19.9. The van der Waals surface area contributed by atoms with E-state index >= 15 is 0 Å². The Morgan fingerprint density at radius 3 is 2.63 bits per heavy atom. The van der Waals surface area contributed by atoms with Gasteiger partial charge in [-0.1, -0.05) is 17.7 Å². The van der Waals surface area contributed by atoms with Gasteiger partial charge in [-0.25, -0.2) is 4.79 Å². The Kier molecular flexibility index (Phi) is 4.74. The Morgan fingerprint density at radius 1 is 1.26 bits per heavy atom. The Hall–Kier alpha value is -2.79. The number of aromatic carboxylic acids is 1. The number of phenols is 1. The van der Waals surface area contributed by atoms with Crippen molar-refractivity contribution in [2.75, 3.05) is 11.9 Å². The average molecular weight is 385 g/mol. The van der Waals surface area contributed by atoms with Gasteiger partial charge in [-0.15, -0.1) is 0 Å². The van der Waals surface area contributed by atoms with E-state index in [1.54, 1.807) is 12.3 Å². The number of halogens is 1. The van der Waals surface area contributed by atoms with E-state index in [2.05, 4.69) is 36.7 Å². The number of aromatic hydroxyl groups is 1. The molecule has 0 atom stereocenters. The van der Waals surface area contributed by atoms with Crippen molar-refractivity contribution in [2.45, 2.75) is 26.3 Å². The van der Waals surface area contributed by atoms with Crippen molar-refractivity contribution < 1.29 is 15.0 Å². The molecule has 6 heteroatoms. The van der Waals surface area contributed by atoms with Gasteiger partial charge in [-0.05, 0) is 56.7 Å². The summed E-state index contributed by atoms with van der Waals surface area (Å²) < 4.78 is 0. The first kappa shape index (κ1) is 19.0. The van der Waals surface area contributed by atoms with Crippen molar-refractivity contribution in [1.82, 2.24) is 0 Å². The van der Waals surface area contributed by atoms with Gasteiger partial charge in [0, 0.05) is 30.1 Å². The van der Waals surface area contributed by atoms with Crippen LogP contribution in [-0.4, -0.2) is 35.0 Å². The molecule has 27 heavy (non-hydrogen) atoms. The molecule has 0 saturated carbocycles. The summed E-state index contributed by atoms with van der Waals surface area (Å²) in [6.45, 7) is 6.36. The number of hydrogen-bond donors (Lipinski definition) is 2. The minimum atomic E-state index is -1.21. The first-order valence-electron chi connectivity index (χ1n) is 8.48. The molecule has 5 nitrogen and oxygen atoms in total. The molecule has 2 N–H and O–H groups in total. The summed E-state index contributed by atoms with van der Waals surface area (Å²) in [5.41, 5.74) is 4.17. The summed E-state index contributed by atoms with van der Waals surface area (Å²) in [6.07, 6.45) is 3.82. The summed E-state index contributed by atoms with van der Waals surface area (Å²) in [7, 11) is 2.04. The van der Waals surface area contributed by atoms with Gasteiger partial charge in [-0.3, -0.25) is 4.99 Å². The lowest BCUT2D eigenvalue weighted by Crippen LogP contribution is -2.42. The van der Waals surface area contributed by atoms with Gasteiger partial charge in [-0.2, -0.15) is 0 Å². The number of fused-ring (bicyclic) bond motifs is 1. The lowest BCUT2D eigenvalue weighted by atomic mass is 9.88. The second-order valence-electron chi connectivity index (χ2n) is 7.20. The van der Waals surface area contributed by atoms with Gasteiger partial charge in [0.05, 0.1) is 16.2 Å². The van der Waals surface area contributed by atoms with Crippen molar-refractivity contribution >= 4 is 40.7 Å². The zero-order valence-electron chi connectivity index (χ0n) is 15.6. The highest BCUT2D eigenvalue weighted by molar-refractivity contribution is 6.33. The Morgan fingerprint density at radius 2 is 1.96 bits per heavy atom. The maximum absolute atomic E-state index is 11.1. The normalized spacial score (nSPS) is 15.6. The largest absolute Gasteiger partial charge is 0.507 e. The van der Waals surface area contributed by atoms with E-state index < -0.39 is 5.97 Å². The van der Waals surface area contributed by atoms with Crippen LogP contribution >= 0.6 is 11.6 Å². The molecule has 2 aromatic carbocycles. The van der Waals surface area contributed by atoms with Crippen molar-refractivity contribution in [3.8, 4) is 5.75 Å². The predicted molar refractivity (Wildman–Crippen MR) is 110 cm³/mol. The fraction of sp³-hybridized carbons (Fsp3) is 0.238. The minimum absolute atomic E-state index is 0.102. The maximum atomic E-state index is 11.1. The van der Waals surface area contributed by atoms with Crippen molar-refractivity contribution in [3.63, 3.8) is 0 Å². The van der Waals surface area contributed by atoms with E-state index in [9.17, 15) is 9.90 Å².